The summed E-state index contributed by atoms with van der Waals surface area (Å²) in [5.41, 5.74) is 8.67. The van der Waals surface area contributed by atoms with Crippen molar-refractivity contribution in [1.29, 1.82) is 0 Å². The Morgan fingerprint density at radius 2 is 1.26 bits per heavy atom. The predicted octanol–water partition coefficient (Wildman–Crippen LogP) is 6.51. The summed E-state index contributed by atoms with van der Waals surface area (Å²) >= 11 is 0. The van der Waals surface area contributed by atoms with E-state index in [0.717, 1.165) is 11.4 Å². The number of benzene rings is 3. The molecule has 0 aliphatic heterocycles. The maximum absolute atomic E-state index is 4.94. The molecule has 0 saturated heterocycles. The van der Waals surface area contributed by atoms with Gasteiger partial charge in [0.2, 0.25) is 0 Å². The van der Waals surface area contributed by atoms with E-state index in [-0.39, 0.29) is 0 Å². The number of hydrogen-bond donors (Lipinski definition) is 0. The number of nitrogens with zero attached hydrogens (tertiary/aromatic N) is 2. The van der Waals surface area contributed by atoms with Crippen molar-refractivity contribution >= 4 is 0 Å². The Morgan fingerprint density at radius 3 is 2.13 bits per heavy atom. The molecule has 0 radical (unpaired) electrons. The van der Waals surface area contributed by atoms with E-state index in [4.69, 9.17) is 9.97 Å². The van der Waals surface area contributed by atoms with E-state index in [0.29, 0.717) is 0 Å². The summed E-state index contributed by atoms with van der Waals surface area (Å²) in [6, 6.07) is 38.3. The Bertz CT molecular complexity index is 1330. The first-order chi connectivity index (χ1) is 15.4. The first kappa shape index (κ1) is 17.8. The summed E-state index contributed by atoms with van der Waals surface area (Å²) in [6.45, 7) is 0. The van der Waals surface area contributed by atoms with Crippen molar-refractivity contribution in [2.75, 3.05) is 0 Å². The highest BCUT2D eigenvalue weighted by molar-refractivity contribution is 5.84. The molecular weight excluding hydrogens is 376 g/mol. The van der Waals surface area contributed by atoms with Gasteiger partial charge in [-0.1, -0.05) is 84.9 Å². The van der Waals surface area contributed by atoms with Crippen molar-refractivity contribution in [3.8, 4) is 22.3 Å². The predicted molar refractivity (Wildman–Crippen MR) is 125 cm³/mol. The Labute approximate surface area is 181 Å². The average molecular weight is 396 g/mol. The number of fused-ring (bicyclic) bond motifs is 3. The maximum atomic E-state index is 4.94. The molecule has 1 atom stereocenters. The second kappa shape index (κ2) is 7.03. The van der Waals surface area contributed by atoms with Gasteiger partial charge in [-0.05, 0) is 52.1 Å². The molecule has 2 heteroatoms. The summed E-state index contributed by atoms with van der Waals surface area (Å²) in [4.78, 5) is 9.81. The number of aromatic nitrogens is 2. The molecule has 0 saturated carbocycles. The van der Waals surface area contributed by atoms with E-state index in [1.54, 1.807) is 0 Å². The molecule has 2 aromatic heterocycles. The van der Waals surface area contributed by atoms with E-state index in [1.165, 1.54) is 33.4 Å². The molecule has 5 aromatic rings. The van der Waals surface area contributed by atoms with E-state index in [2.05, 4.69) is 97.1 Å². The van der Waals surface area contributed by atoms with Crippen LogP contribution >= 0.6 is 0 Å². The van der Waals surface area contributed by atoms with Crippen molar-refractivity contribution in [3.05, 3.63) is 144 Å². The first-order valence-electron chi connectivity index (χ1n) is 10.5. The molecule has 146 valence electrons. The molecule has 1 aliphatic carbocycles. The highest BCUT2D eigenvalue weighted by Gasteiger charge is 2.48. The van der Waals surface area contributed by atoms with Crippen molar-refractivity contribution in [2.45, 2.75) is 5.41 Å². The standard InChI is InChI=1S/C29H20N2/c1-2-10-21(11-3-1)22-12-8-13-23(20-22)29(27-17-6-7-18-30-27)26-16-5-4-14-24(26)25-15-9-19-31-28(25)29/h1-20H/t29-/m0/s1. The summed E-state index contributed by atoms with van der Waals surface area (Å²) in [5, 5.41) is 0. The molecule has 2 heterocycles. The van der Waals surface area contributed by atoms with Crippen molar-refractivity contribution in [2.24, 2.45) is 0 Å². The molecule has 0 bridgehead atoms. The van der Waals surface area contributed by atoms with Crippen LogP contribution in [0.15, 0.2) is 122 Å². The van der Waals surface area contributed by atoms with E-state index in [9.17, 15) is 0 Å². The third-order valence-corrected chi connectivity index (χ3v) is 6.24. The van der Waals surface area contributed by atoms with Crippen LogP contribution in [0.1, 0.15) is 22.5 Å². The van der Waals surface area contributed by atoms with E-state index in [1.807, 2.05) is 24.5 Å². The molecule has 3 aromatic carbocycles. The minimum atomic E-state index is -0.556. The normalized spacial score (nSPS) is 16.5. The third kappa shape index (κ3) is 2.58. The fourth-order valence-corrected chi connectivity index (χ4v) is 4.94. The summed E-state index contributed by atoms with van der Waals surface area (Å²) in [5.74, 6) is 0. The fraction of sp³-hybridized carbons (Fsp3) is 0.0345. The van der Waals surface area contributed by atoms with E-state index >= 15 is 0 Å². The molecule has 0 unspecified atom stereocenters. The average Bonchev–Trinajstić information content (AvgIpc) is 3.17. The van der Waals surface area contributed by atoms with Crippen LogP contribution < -0.4 is 0 Å². The van der Waals surface area contributed by atoms with Gasteiger partial charge >= 0.3 is 0 Å². The SMILES string of the molecule is c1ccc(-c2cccc([C@@]3(c4ccccn4)c4ccccc4-c4cccnc43)c2)cc1. The monoisotopic (exact) mass is 396 g/mol. The largest absolute Gasteiger partial charge is 0.260 e. The van der Waals surface area contributed by atoms with Crippen LogP contribution in [-0.2, 0) is 5.41 Å². The van der Waals surface area contributed by atoms with Gasteiger partial charge in [-0.3, -0.25) is 9.97 Å². The van der Waals surface area contributed by atoms with Crippen LogP contribution in [0.3, 0.4) is 0 Å². The highest BCUT2D eigenvalue weighted by atomic mass is 14.8. The summed E-state index contributed by atoms with van der Waals surface area (Å²) in [7, 11) is 0. The highest BCUT2D eigenvalue weighted by Crippen LogP contribution is 2.54. The van der Waals surface area contributed by atoms with Crippen molar-refractivity contribution in [1.82, 2.24) is 9.97 Å². The Hall–Kier alpha value is -4.04. The minimum absolute atomic E-state index is 0.556. The summed E-state index contributed by atoms with van der Waals surface area (Å²) in [6.07, 6.45) is 3.77. The van der Waals surface area contributed by atoms with Gasteiger partial charge in [0.15, 0.2) is 0 Å². The molecule has 0 spiro atoms. The first-order valence-corrected chi connectivity index (χ1v) is 10.5. The van der Waals surface area contributed by atoms with Gasteiger partial charge in [0.1, 0.15) is 5.41 Å². The van der Waals surface area contributed by atoms with Gasteiger partial charge < -0.3 is 0 Å². The van der Waals surface area contributed by atoms with Crippen LogP contribution in [0.25, 0.3) is 22.3 Å². The molecule has 1 aliphatic rings. The second-order valence-corrected chi connectivity index (χ2v) is 7.86. The number of pyridine rings is 2. The summed E-state index contributed by atoms with van der Waals surface area (Å²) < 4.78 is 0. The van der Waals surface area contributed by atoms with Crippen molar-refractivity contribution < 1.29 is 0 Å². The molecule has 0 amide bonds. The second-order valence-electron chi connectivity index (χ2n) is 7.86. The molecular formula is C29H20N2. The zero-order chi connectivity index (χ0) is 20.7. The van der Waals surface area contributed by atoms with Crippen LogP contribution in [0.2, 0.25) is 0 Å². The molecule has 2 nitrogen and oxygen atoms in total. The van der Waals surface area contributed by atoms with Gasteiger partial charge in [0.25, 0.3) is 0 Å². The smallest absolute Gasteiger partial charge is 0.106 e. The lowest BCUT2D eigenvalue weighted by Gasteiger charge is -2.31. The van der Waals surface area contributed by atoms with E-state index < -0.39 is 5.41 Å². The number of rotatable bonds is 3. The molecule has 0 N–H and O–H groups in total. The lowest BCUT2D eigenvalue weighted by Crippen LogP contribution is -2.30. The zero-order valence-corrected chi connectivity index (χ0v) is 16.9. The van der Waals surface area contributed by atoms with Gasteiger partial charge in [0, 0.05) is 18.0 Å². The third-order valence-electron chi connectivity index (χ3n) is 6.24. The quantitative estimate of drug-likeness (QED) is 0.341. The molecule has 0 fully saturated rings. The topological polar surface area (TPSA) is 25.8 Å². The Kier molecular flexibility index (Phi) is 4.03. The van der Waals surface area contributed by atoms with Crippen LogP contribution in [0.4, 0.5) is 0 Å². The van der Waals surface area contributed by atoms with Gasteiger partial charge in [-0.2, -0.15) is 0 Å². The lowest BCUT2D eigenvalue weighted by molar-refractivity contribution is 0.709. The molecule has 6 rings (SSSR count). The Morgan fingerprint density at radius 1 is 0.516 bits per heavy atom. The van der Waals surface area contributed by atoms with Crippen LogP contribution in [0, 0.1) is 0 Å². The zero-order valence-electron chi connectivity index (χ0n) is 16.9. The minimum Gasteiger partial charge on any atom is -0.260 e. The lowest BCUT2D eigenvalue weighted by atomic mass is 9.71. The molecule has 31 heavy (non-hydrogen) atoms. The fourth-order valence-electron chi connectivity index (χ4n) is 4.94. The maximum Gasteiger partial charge on any atom is 0.106 e. The van der Waals surface area contributed by atoms with Gasteiger partial charge in [0.05, 0.1) is 11.4 Å². The number of hydrogen-bond acceptors (Lipinski definition) is 2. The Balaban J connectivity index is 1.72. The van der Waals surface area contributed by atoms with Crippen LogP contribution in [-0.4, -0.2) is 9.97 Å². The van der Waals surface area contributed by atoms with Gasteiger partial charge in [-0.25, -0.2) is 0 Å². The van der Waals surface area contributed by atoms with Gasteiger partial charge in [-0.15, -0.1) is 0 Å². The van der Waals surface area contributed by atoms with Crippen LogP contribution in [0.5, 0.6) is 0 Å². The van der Waals surface area contributed by atoms with Crippen molar-refractivity contribution in [3.63, 3.8) is 0 Å².